The second-order valence-corrected chi connectivity index (χ2v) is 7.83. The van der Waals surface area contributed by atoms with Gasteiger partial charge in [0.1, 0.15) is 12.6 Å². The molecule has 2 unspecified atom stereocenters. The molecule has 3 aromatic rings. The first kappa shape index (κ1) is 24.9. The molecular weight excluding hydrogens is 434 g/mol. The van der Waals surface area contributed by atoms with Crippen LogP contribution in [0, 0.1) is 0 Å². The molecule has 4 N–H and O–H groups in total. The van der Waals surface area contributed by atoms with E-state index in [9.17, 15) is 14.4 Å². The molecule has 0 bridgehead atoms. The van der Waals surface area contributed by atoms with E-state index in [1.165, 1.54) is 7.11 Å². The van der Waals surface area contributed by atoms with Gasteiger partial charge in [0.2, 0.25) is 11.8 Å². The zero-order valence-corrected chi connectivity index (χ0v) is 19.0. The number of fused-ring (bicyclic) bond motifs is 1. The minimum Gasteiger partial charge on any atom is -0.461 e. The highest BCUT2D eigenvalue weighted by atomic mass is 16.5. The quantitative estimate of drug-likeness (QED) is 0.375. The topological polar surface area (TPSA) is 120 Å². The van der Waals surface area contributed by atoms with Crippen LogP contribution in [0.25, 0.3) is 10.8 Å². The Morgan fingerprint density at radius 3 is 2.38 bits per heavy atom. The van der Waals surface area contributed by atoms with Crippen molar-refractivity contribution in [2.24, 2.45) is 5.73 Å². The Morgan fingerprint density at radius 1 is 0.912 bits per heavy atom. The van der Waals surface area contributed by atoms with Crippen molar-refractivity contribution in [2.75, 3.05) is 13.7 Å². The molecule has 0 spiro atoms. The number of carbonyl (C=O) groups excluding carboxylic acids is 3. The maximum atomic E-state index is 12.7. The Bertz CT molecular complexity index is 1110. The monoisotopic (exact) mass is 463 g/mol. The van der Waals surface area contributed by atoms with Crippen molar-refractivity contribution in [3.8, 4) is 0 Å². The fraction of sp³-hybridized carbons (Fsp3) is 0.269. The van der Waals surface area contributed by atoms with Gasteiger partial charge in [0.15, 0.2) is 0 Å². The van der Waals surface area contributed by atoms with Crippen molar-refractivity contribution in [2.45, 2.75) is 31.7 Å². The van der Waals surface area contributed by atoms with Gasteiger partial charge in [-0.25, -0.2) is 0 Å². The summed E-state index contributed by atoms with van der Waals surface area (Å²) in [6, 6.07) is 20.8. The smallest absolute Gasteiger partial charge is 0.308 e. The molecule has 0 saturated carbocycles. The van der Waals surface area contributed by atoms with Crippen LogP contribution in [-0.2, 0) is 37.0 Å². The molecule has 8 heteroatoms. The van der Waals surface area contributed by atoms with Crippen molar-refractivity contribution in [1.82, 2.24) is 10.6 Å². The number of hydrogen-bond donors (Lipinski definition) is 3. The number of ether oxygens (including phenoxy) is 2. The van der Waals surface area contributed by atoms with Crippen molar-refractivity contribution in [3.63, 3.8) is 0 Å². The van der Waals surface area contributed by atoms with Gasteiger partial charge in [-0.1, -0.05) is 72.8 Å². The zero-order chi connectivity index (χ0) is 24.3. The molecule has 0 fully saturated rings. The Hall–Kier alpha value is -3.75. The highest BCUT2D eigenvalue weighted by molar-refractivity contribution is 5.92. The van der Waals surface area contributed by atoms with E-state index >= 15 is 0 Å². The van der Waals surface area contributed by atoms with Crippen LogP contribution in [0.4, 0.5) is 0 Å². The van der Waals surface area contributed by atoms with Crippen LogP contribution in [0.15, 0.2) is 72.8 Å². The van der Waals surface area contributed by atoms with Crippen LogP contribution in [0.2, 0.25) is 0 Å². The number of methoxy groups -OCH3 is 1. The largest absolute Gasteiger partial charge is 0.461 e. The number of hydrogen-bond acceptors (Lipinski definition) is 6. The number of nitrogens with one attached hydrogen (secondary N) is 2. The van der Waals surface area contributed by atoms with Crippen molar-refractivity contribution >= 4 is 28.6 Å². The van der Waals surface area contributed by atoms with Gasteiger partial charge in [0.05, 0.1) is 19.1 Å². The fourth-order valence-electron chi connectivity index (χ4n) is 3.45. The summed E-state index contributed by atoms with van der Waals surface area (Å²) in [7, 11) is 1.43. The molecule has 3 rings (SSSR count). The second kappa shape index (κ2) is 12.5. The van der Waals surface area contributed by atoms with E-state index in [4.69, 9.17) is 15.2 Å². The Balaban J connectivity index is 1.51. The predicted molar refractivity (Wildman–Crippen MR) is 128 cm³/mol. The number of amides is 2. The minimum atomic E-state index is -1.16. The van der Waals surface area contributed by atoms with Gasteiger partial charge >= 0.3 is 5.97 Å². The molecule has 0 heterocycles. The zero-order valence-electron chi connectivity index (χ0n) is 19.0. The summed E-state index contributed by atoms with van der Waals surface area (Å²) in [4.78, 5) is 37.3. The normalized spacial score (nSPS) is 12.5. The van der Waals surface area contributed by atoms with E-state index in [1.807, 2.05) is 72.8 Å². The standard InChI is InChI=1S/C26H29N3O5/c1-33-17-23(26(32)28-15-20-12-7-11-19-10-5-6-13-21(19)20)29-25(31)22(27)14-24(30)34-16-18-8-3-2-4-9-18/h2-13,22-23H,14-17,27H2,1H3,(H,28,32)(H,29,31). The third-order valence-electron chi connectivity index (χ3n) is 5.27. The minimum absolute atomic E-state index is 0.0434. The number of nitrogens with two attached hydrogens (primary N) is 1. The summed E-state index contributed by atoms with van der Waals surface area (Å²) < 4.78 is 10.3. The molecule has 2 atom stereocenters. The average Bonchev–Trinajstić information content (AvgIpc) is 2.86. The van der Waals surface area contributed by atoms with Gasteiger partial charge in [-0.15, -0.1) is 0 Å². The Kier molecular flexibility index (Phi) is 9.13. The number of carbonyl (C=O) groups is 3. The SMILES string of the molecule is COCC(NC(=O)C(N)CC(=O)OCc1ccccc1)C(=O)NCc1cccc2ccccc12. The molecule has 0 radical (unpaired) electrons. The molecule has 3 aromatic carbocycles. The summed E-state index contributed by atoms with van der Waals surface area (Å²) >= 11 is 0. The van der Waals surface area contributed by atoms with Gasteiger partial charge < -0.3 is 25.8 Å². The predicted octanol–water partition coefficient (Wildman–Crippen LogP) is 2.05. The molecule has 0 saturated heterocycles. The van der Waals surface area contributed by atoms with E-state index in [-0.39, 0.29) is 26.2 Å². The molecule has 8 nitrogen and oxygen atoms in total. The van der Waals surface area contributed by atoms with Gasteiger partial charge in [0, 0.05) is 13.7 Å². The molecular formula is C26H29N3O5. The average molecular weight is 464 g/mol. The van der Waals surface area contributed by atoms with E-state index in [0.717, 1.165) is 21.9 Å². The van der Waals surface area contributed by atoms with E-state index in [2.05, 4.69) is 10.6 Å². The Labute approximate surface area is 198 Å². The molecule has 34 heavy (non-hydrogen) atoms. The summed E-state index contributed by atoms with van der Waals surface area (Å²) in [5.74, 6) is -1.66. The lowest BCUT2D eigenvalue weighted by molar-refractivity contribution is -0.146. The summed E-state index contributed by atoms with van der Waals surface area (Å²) in [6.07, 6.45) is -0.310. The lowest BCUT2D eigenvalue weighted by Gasteiger charge is -2.20. The lowest BCUT2D eigenvalue weighted by atomic mass is 10.0. The van der Waals surface area contributed by atoms with Crippen LogP contribution in [0.3, 0.4) is 0 Å². The maximum absolute atomic E-state index is 12.7. The fourth-order valence-corrected chi connectivity index (χ4v) is 3.45. The summed E-state index contributed by atoms with van der Waals surface area (Å²) in [5, 5.41) is 7.50. The number of esters is 1. The molecule has 0 aliphatic heterocycles. The highest BCUT2D eigenvalue weighted by Crippen LogP contribution is 2.18. The third kappa shape index (κ3) is 7.13. The van der Waals surface area contributed by atoms with Gasteiger partial charge in [0.25, 0.3) is 0 Å². The van der Waals surface area contributed by atoms with Crippen LogP contribution < -0.4 is 16.4 Å². The summed E-state index contributed by atoms with van der Waals surface area (Å²) in [6.45, 7) is 0.337. The van der Waals surface area contributed by atoms with E-state index in [0.29, 0.717) is 0 Å². The molecule has 2 amide bonds. The van der Waals surface area contributed by atoms with Gasteiger partial charge in [-0.3, -0.25) is 14.4 Å². The van der Waals surface area contributed by atoms with Crippen molar-refractivity contribution < 1.29 is 23.9 Å². The number of benzene rings is 3. The molecule has 178 valence electrons. The molecule has 0 aliphatic rings. The highest BCUT2D eigenvalue weighted by Gasteiger charge is 2.25. The number of rotatable bonds is 11. The molecule has 0 aliphatic carbocycles. The first-order chi connectivity index (χ1) is 16.5. The first-order valence-electron chi connectivity index (χ1n) is 11.0. The second-order valence-electron chi connectivity index (χ2n) is 7.83. The maximum Gasteiger partial charge on any atom is 0.308 e. The van der Waals surface area contributed by atoms with Crippen molar-refractivity contribution in [3.05, 3.63) is 83.9 Å². The van der Waals surface area contributed by atoms with Gasteiger partial charge in [-0.05, 0) is 21.9 Å². The van der Waals surface area contributed by atoms with Crippen LogP contribution >= 0.6 is 0 Å². The first-order valence-corrected chi connectivity index (χ1v) is 11.0. The van der Waals surface area contributed by atoms with Crippen LogP contribution in [0.1, 0.15) is 17.5 Å². The van der Waals surface area contributed by atoms with E-state index < -0.39 is 29.9 Å². The molecule has 0 aromatic heterocycles. The third-order valence-corrected chi connectivity index (χ3v) is 5.27. The lowest BCUT2D eigenvalue weighted by Crippen LogP contribution is -2.53. The Morgan fingerprint density at radius 2 is 1.62 bits per heavy atom. The van der Waals surface area contributed by atoms with Crippen LogP contribution in [0.5, 0.6) is 0 Å². The van der Waals surface area contributed by atoms with Crippen molar-refractivity contribution in [1.29, 1.82) is 0 Å². The van der Waals surface area contributed by atoms with Gasteiger partial charge in [-0.2, -0.15) is 0 Å². The van der Waals surface area contributed by atoms with Crippen LogP contribution in [-0.4, -0.2) is 43.6 Å². The van der Waals surface area contributed by atoms with E-state index in [1.54, 1.807) is 0 Å². The summed E-state index contributed by atoms with van der Waals surface area (Å²) in [5.41, 5.74) is 7.65.